The largest absolute Gasteiger partial charge is 0.490 e. The van der Waals surface area contributed by atoms with Gasteiger partial charge in [0.15, 0.2) is 16.3 Å². The van der Waals surface area contributed by atoms with Crippen LogP contribution in [-0.4, -0.2) is 35.2 Å². The van der Waals surface area contributed by atoms with Gasteiger partial charge < -0.3 is 19.8 Å². The molecule has 7 nitrogen and oxygen atoms in total. The lowest BCUT2D eigenvalue weighted by Gasteiger charge is -2.13. The Balaban J connectivity index is 2.15. The van der Waals surface area contributed by atoms with Crippen LogP contribution in [0.5, 0.6) is 11.5 Å². The highest BCUT2D eigenvalue weighted by atomic mass is 32.1. The number of amides is 1. The summed E-state index contributed by atoms with van der Waals surface area (Å²) in [6, 6.07) is 3.43. The second-order valence-electron chi connectivity index (χ2n) is 6.76. The molecule has 160 valence electrons. The number of benzene rings is 1. The molecule has 2 N–H and O–H groups in total. The number of nitrogens with zero attached hydrogens (tertiary/aromatic N) is 1. The van der Waals surface area contributed by atoms with Crippen molar-refractivity contribution in [3.8, 4) is 11.5 Å². The number of carbonyl (C=O) groups is 1. The zero-order valence-corrected chi connectivity index (χ0v) is 18.3. The number of aromatic nitrogens is 2. The average molecular weight is 422 g/mol. The van der Waals surface area contributed by atoms with E-state index >= 15 is 0 Å². The number of aromatic amines is 1. The molecule has 2 rings (SSSR count). The van der Waals surface area contributed by atoms with Crippen LogP contribution in [0.25, 0.3) is 10.9 Å². The highest BCUT2D eigenvalue weighted by molar-refractivity contribution is 7.71. The first-order valence-corrected chi connectivity index (χ1v) is 10.8. The third-order valence-electron chi connectivity index (χ3n) is 4.53. The van der Waals surface area contributed by atoms with E-state index in [0.717, 1.165) is 19.3 Å². The standard InChI is InChI=1S/C21H31N3O4S/c1-4-7-8-11-22-19(25)10-9-12-24-20(26)15-13-17(27-5-2)18(28-6-3)14-16(15)23-21(24)29/h13-14H,4-12H2,1-3H3,(H,22,25)(H,23,29). The van der Waals surface area contributed by atoms with E-state index in [0.29, 0.717) is 66.3 Å². The van der Waals surface area contributed by atoms with Gasteiger partial charge >= 0.3 is 0 Å². The number of rotatable bonds is 12. The molecule has 0 bridgehead atoms. The maximum Gasteiger partial charge on any atom is 0.262 e. The number of fused-ring (bicyclic) bond motifs is 1. The van der Waals surface area contributed by atoms with E-state index in [1.807, 2.05) is 13.8 Å². The Morgan fingerprint density at radius 1 is 1.10 bits per heavy atom. The molecule has 0 saturated carbocycles. The third kappa shape index (κ3) is 6.32. The lowest BCUT2D eigenvalue weighted by atomic mass is 10.2. The van der Waals surface area contributed by atoms with E-state index in [-0.39, 0.29) is 11.5 Å². The van der Waals surface area contributed by atoms with Crippen molar-refractivity contribution in [2.75, 3.05) is 19.8 Å². The minimum absolute atomic E-state index is 0.00447. The predicted octanol–water partition coefficient (Wildman–Crippen LogP) is 3.94. The summed E-state index contributed by atoms with van der Waals surface area (Å²) in [5.41, 5.74) is 0.410. The van der Waals surface area contributed by atoms with Gasteiger partial charge in [-0.1, -0.05) is 19.8 Å². The summed E-state index contributed by atoms with van der Waals surface area (Å²) in [7, 11) is 0. The van der Waals surface area contributed by atoms with Gasteiger partial charge in [-0.2, -0.15) is 0 Å². The summed E-state index contributed by atoms with van der Waals surface area (Å²) in [5.74, 6) is 1.11. The molecule has 1 amide bonds. The minimum atomic E-state index is -0.198. The lowest BCUT2D eigenvalue weighted by molar-refractivity contribution is -0.121. The van der Waals surface area contributed by atoms with Gasteiger partial charge in [0.2, 0.25) is 5.91 Å². The number of carbonyl (C=O) groups excluding carboxylic acids is 1. The fraction of sp³-hybridized carbons (Fsp3) is 0.571. The molecular formula is C21H31N3O4S. The SMILES string of the molecule is CCCCCNC(=O)CCCn1c(=S)[nH]c2cc(OCC)c(OCC)cc2c1=O. The highest BCUT2D eigenvalue weighted by Gasteiger charge is 2.13. The Morgan fingerprint density at radius 2 is 1.79 bits per heavy atom. The number of nitrogens with one attached hydrogen (secondary N) is 2. The minimum Gasteiger partial charge on any atom is -0.490 e. The van der Waals surface area contributed by atoms with Crippen LogP contribution in [0.2, 0.25) is 0 Å². The average Bonchev–Trinajstić information content (AvgIpc) is 2.69. The normalized spacial score (nSPS) is 10.9. The zero-order valence-electron chi connectivity index (χ0n) is 17.5. The van der Waals surface area contributed by atoms with E-state index in [9.17, 15) is 9.59 Å². The van der Waals surface area contributed by atoms with Gasteiger partial charge in [0, 0.05) is 25.6 Å². The van der Waals surface area contributed by atoms with E-state index in [1.54, 1.807) is 12.1 Å². The van der Waals surface area contributed by atoms with Crippen LogP contribution in [0.4, 0.5) is 0 Å². The van der Waals surface area contributed by atoms with Crippen LogP contribution < -0.4 is 20.3 Å². The van der Waals surface area contributed by atoms with E-state index in [2.05, 4.69) is 17.2 Å². The van der Waals surface area contributed by atoms with Crippen molar-refractivity contribution in [2.24, 2.45) is 0 Å². The molecule has 1 heterocycles. The second kappa shape index (κ2) is 11.6. The molecular weight excluding hydrogens is 390 g/mol. The molecule has 8 heteroatoms. The van der Waals surface area contributed by atoms with Crippen LogP contribution >= 0.6 is 12.2 Å². The summed E-state index contributed by atoms with van der Waals surface area (Å²) < 4.78 is 13.1. The molecule has 2 aromatic rings. The van der Waals surface area contributed by atoms with Crippen LogP contribution in [-0.2, 0) is 11.3 Å². The number of H-pyrrole nitrogens is 1. The predicted molar refractivity (Wildman–Crippen MR) is 117 cm³/mol. The molecule has 29 heavy (non-hydrogen) atoms. The Bertz CT molecular complexity index is 936. The van der Waals surface area contributed by atoms with Gasteiger partial charge in [0.1, 0.15) is 0 Å². The smallest absolute Gasteiger partial charge is 0.262 e. The zero-order chi connectivity index (χ0) is 21.2. The third-order valence-corrected chi connectivity index (χ3v) is 4.86. The first kappa shape index (κ1) is 22.9. The first-order valence-electron chi connectivity index (χ1n) is 10.3. The van der Waals surface area contributed by atoms with Gasteiger partial charge in [0.05, 0.1) is 24.1 Å². The molecule has 0 unspecified atom stereocenters. The molecule has 0 fully saturated rings. The van der Waals surface area contributed by atoms with Crippen molar-refractivity contribution < 1.29 is 14.3 Å². The summed E-state index contributed by atoms with van der Waals surface area (Å²) in [4.78, 5) is 28.0. The van der Waals surface area contributed by atoms with Gasteiger partial charge in [-0.05, 0) is 45.0 Å². The van der Waals surface area contributed by atoms with E-state index in [1.165, 1.54) is 4.57 Å². The molecule has 0 aliphatic heterocycles. The van der Waals surface area contributed by atoms with Crippen LogP contribution in [0.15, 0.2) is 16.9 Å². The monoisotopic (exact) mass is 421 g/mol. The Kier molecular flexibility index (Phi) is 9.18. The van der Waals surface area contributed by atoms with Crippen molar-refractivity contribution in [1.29, 1.82) is 0 Å². The number of ether oxygens (including phenoxy) is 2. The number of hydrogen-bond acceptors (Lipinski definition) is 5. The molecule has 0 aliphatic carbocycles. The Labute approximate surface area is 176 Å². The quantitative estimate of drug-likeness (QED) is 0.400. The maximum absolute atomic E-state index is 13.0. The van der Waals surface area contributed by atoms with Gasteiger partial charge in [-0.15, -0.1) is 0 Å². The first-order chi connectivity index (χ1) is 14.0. The maximum atomic E-state index is 13.0. The van der Waals surface area contributed by atoms with Crippen molar-refractivity contribution in [3.63, 3.8) is 0 Å². The molecule has 0 saturated heterocycles. The molecule has 1 aromatic carbocycles. The summed E-state index contributed by atoms with van der Waals surface area (Å²) in [5, 5.41) is 3.39. The second-order valence-corrected chi connectivity index (χ2v) is 7.14. The van der Waals surface area contributed by atoms with Crippen molar-refractivity contribution in [1.82, 2.24) is 14.9 Å². The lowest BCUT2D eigenvalue weighted by Crippen LogP contribution is -2.26. The summed E-state index contributed by atoms with van der Waals surface area (Å²) in [6.45, 7) is 7.93. The highest BCUT2D eigenvalue weighted by Crippen LogP contribution is 2.30. The van der Waals surface area contributed by atoms with E-state index in [4.69, 9.17) is 21.7 Å². The van der Waals surface area contributed by atoms with Crippen LogP contribution in [0, 0.1) is 4.77 Å². The topological polar surface area (TPSA) is 85.3 Å². The van der Waals surface area contributed by atoms with Crippen LogP contribution in [0.1, 0.15) is 52.9 Å². The molecule has 1 aromatic heterocycles. The van der Waals surface area contributed by atoms with Crippen molar-refractivity contribution in [3.05, 3.63) is 27.3 Å². The molecule has 0 atom stereocenters. The molecule has 0 radical (unpaired) electrons. The Morgan fingerprint density at radius 3 is 2.45 bits per heavy atom. The van der Waals surface area contributed by atoms with Crippen molar-refractivity contribution in [2.45, 2.75) is 59.4 Å². The van der Waals surface area contributed by atoms with Gasteiger partial charge in [-0.25, -0.2) is 0 Å². The summed E-state index contributed by atoms with van der Waals surface area (Å²) >= 11 is 5.37. The van der Waals surface area contributed by atoms with Gasteiger partial charge in [-0.3, -0.25) is 14.2 Å². The van der Waals surface area contributed by atoms with Crippen molar-refractivity contribution >= 4 is 29.0 Å². The fourth-order valence-electron chi connectivity index (χ4n) is 3.09. The summed E-state index contributed by atoms with van der Waals surface area (Å²) in [6.07, 6.45) is 4.12. The Hall–Kier alpha value is -2.35. The molecule has 0 spiro atoms. The van der Waals surface area contributed by atoms with E-state index < -0.39 is 0 Å². The van der Waals surface area contributed by atoms with Crippen LogP contribution in [0.3, 0.4) is 0 Å². The fourth-order valence-corrected chi connectivity index (χ4v) is 3.37. The molecule has 0 aliphatic rings. The van der Waals surface area contributed by atoms with Gasteiger partial charge in [0.25, 0.3) is 5.56 Å². The number of unbranched alkanes of at least 4 members (excludes halogenated alkanes) is 2. The number of hydrogen-bond donors (Lipinski definition) is 2.